The highest BCUT2D eigenvalue weighted by Gasteiger charge is 2.28. The van der Waals surface area contributed by atoms with Crippen LogP contribution in [0.4, 0.5) is 0 Å². The normalized spacial score (nSPS) is 19.0. The number of aliphatic hydroxyl groups is 1. The molecule has 0 radical (unpaired) electrons. The second kappa shape index (κ2) is 6.03. The zero-order valence-corrected chi connectivity index (χ0v) is 12.8. The van der Waals surface area contributed by atoms with Gasteiger partial charge in [0.2, 0.25) is 0 Å². The first-order valence-electron chi connectivity index (χ1n) is 7.62. The van der Waals surface area contributed by atoms with Crippen molar-refractivity contribution in [1.82, 2.24) is 19.0 Å². The Hall–Kier alpha value is -1.59. The monoisotopic (exact) mass is 288 g/mol. The van der Waals surface area contributed by atoms with E-state index >= 15 is 0 Å². The Morgan fingerprint density at radius 2 is 2.05 bits per heavy atom. The minimum Gasteiger partial charge on any atom is -0.385 e. The quantitative estimate of drug-likeness (QED) is 0.931. The predicted octanol–water partition coefficient (Wildman–Crippen LogP) is 1.70. The lowest BCUT2D eigenvalue weighted by molar-refractivity contribution is 0.0492. The van der Waals surface area contributed by atoms with Crippen LogP contribution in [0.3, 0.4) is 0 Å². The SMILES string of the molecule is Cn1ccc(CN2CCC(C(O)c3nccn3C)CC2)c1. The summed E-state index contributed by atoms with van der Waals surface area (Å²) < 4.78 is 4.01. The maximum Gasteiger partial charge on any atom is 0.137 e. The molecule has 1 unspecified atom stereocenters. The molecule has 1 fully saturated rings. The number of nitrogens with zero attached hydrogens (tertiary/aromatic N) is 4. The maximum absolute atomic E-state index is 10.5. The van der Waals surface area contributed by atoms with Crippen LogP contribution >= 0.6 is 0 Å². The molecule has 2 aromatic rings. The molecule has 1 saturated heterocycles. The van der Waals surface area contributed by atoms with Crippen molar-refractivity contribution in [3.05, 3.63) is 42.2 Å². The van der Waals surface area contributed by atoms with Crippen molar-refractivity contribution in [1.29, 1.82) is 0 Å². The van der Waals surface area contributed by atoms with Gasteiger partial charge in [0.15, 0.2) is 0 Å². The van der Waals surface area contributed by atoms with Crippen LogP contribution in [0.15, 0.2) is 30.9 Å². The van der Waals surface area contributed by atoms with Crippen LogP contribution in [0, 0.1) is 5.92 Å². The number of rotatable bonds is 4. The minimum atomic E-state index is -0.441. The molecular weight excluding hydrogens is 264 g/mol. The highest BCUT2D eigenvalue weighted by atomic mass is 16.3. The summed E-state index contributed by atoms with van der Waals surface area (Å²) in [5.74, 6) is 1.11. The molecule has 5 nitrogen and oxygen atoms in total. The first-order chi connectivity index (χ1) is 10.1. The number of aliphatic hydroxyl groups excluding tert-OH is 1. The summed E-state index contributed by atoms with van der Waals surface area (Å²) >= 11 is 0. The minimum absolute atomic E-state index is 0.318. The molecule has 0 amide bonds. The Kier molecular flexibility index (Phi) is 4.12. The van der Waals surface area contributed by atoms with Crippen LogP contribution in [-0.2, 0) is 20.6 Å². The van der Waals surface area contributed by atoms with Crippen molar-refractivity contribution in [2.24, 2.45) is 20.0 Å². The van der Waals surface area contributed by atoms with Crippen molar-refractivity contribution >= 4 is 0 Å². The average molecular weight is 288 g/mol. The van der Waals surface area contributed by atoms with Gasteiger partial charge in [-0.3, -0.25) is 4.90 Å². The molecule has 3 heterocycles. The van der Waals surface area contributed by atoms with Gasteiger partial charge in [0, 0.05) is 45.4 Å². The third-order valence-electron chi connectivity index (χ3n) is 4.50. The second-order valence-electron chi connectivity index (χ2n) is 6.14. The van der Waals surface area contributed by atoms with E-state index in [1.807, 2.05) is 17.8 Å². The standard InChI is InChI=1S/C16H24N4O/c1-18-7-3-13(11-18)12-20-8-4-14(5-9-20)15(21)16-17-6-10-19(16)2/h3,6-7,10-11,14-15,21H,4-5,8-9,12H2,1-2H3. The number of likely N-dealkylation sites (tertiary alicyclic amines) is 1. The van der Waals surface area contributed by atoms with Crippen LogP contribution < -0.4 is 0 Å². The maximum atomic E-state index is 10.5. The Labute approximate surface area is 125 Å². The van der Waals surface area contributed by atoms with Gasteiger partial charge in [0.25, 0.3) is 0 Å². The number of piperidine rings is 1. The first-order valence-corrected chi connectivity index (χ1v) is 7.62. The zero-order valence-electron chi connectivity index (χ0n) is 12.8. The molecule has 21 heavy (non-hydrogen) atoms. The van der Waals surface area contributed by atoms with Gasteiger partial charge < -0.3 is 14.2 Å². The fraction of sp³-hybridized carbons (Fsp3) is 0.562. The van der Waals surface area contributed by atoms with E-state index in [1.54, 1.807) is 6.20 Å². The molecule has 1 aliphatic heterocycles. The summed E-state index contributed by atoms with van der Waals surface area (Å²) in [4.78, 5) is 6.75. The molecule has 3 rings (SSSR count). The summed E-state index contributed by atoms with van der Waals surface area (Å²) in [5, 5.41) is 10.5. The molecule has 2 aromatic heterocycles. The van der Waals surface area contributed by atoms with Gasteiger partial charge in [-0.25, -0.2) is 4.98 Å². The third kappa shape index (κ3) is 3.19. The molecule has 0 aromatic carbocycles. The molecule has 0 saturated carbocycles. The van der Waals surface area contributed by atoms with Crippen LogP contribution in [0.2, 0.25) is 0 Å². The van der Waals surface area contributed by atoms with E-state index in [-0.39, 0.29) is 0 Å². The molecule has 1 N–H and O–H groups in total. The topological polar surface area (TPSA) is 46.2 Å². The summed E-state index contributed by atoms with van der Waals surface area (Å²) in [6.45, 7) is 3.09. The van der Waals surface area contributed by atoms with Gasteiger partial charge in [-0.15, -0.1) is 0 Å². The largest absolute Gasteiger partial charge is 0.385 e. The lowest BCUT2D eigenvalue weighted by Crippen LogP contribution is -2.35. The van der Waals surface area contributed by atoms with Crippen molar-refractivity contribution in [3.8, 4) is 0 Å². The van der Waals surface area contributed by atoms with E-state index in [2.05, 4.69) is 40.0 Å². The molecule has 0 aliphatic carbocycles. The Morgan fingerprint density at radius 1 is 1.29 bits per heavy atom. The van der Waals surface area contributed by atoms with Crippen LogP contribution in [0.5, 0.6) is 0 Å². The van der Waals surface area contributed by atoms with Crippen molar-refractivity contribution in [2.45, 2.75) is 25.5 Å². The summed E-state index contributed by atoms with van der Waals surface area (Å²) in [6.07, 6.45) is 9.53. The Morgan fingerprint density at radius 3 is 2.62 bits per heavy atom. The Balaban J connectivity index is 1.54. The van der Waals surface area contributed by atoms with Crippen molar-refractivity contribution in [3.63, 3.8) is 0 Å². The Bertz CT molecular complexity index is 581. The van der Waals surface area contributed by atoms with Gasteiger partial charge in [0.05, 0.1) is 0 Å². The fourth-order valence-electron chi connectivity index (χ4n) is 3.21. The highest BCUT2D eigenvalue weighted by molar-refractivity contribution is 5.10. The molecule has 5 heteroatoms. The molecule has 1 atom stereocenters. The van der Waals surface area contributed by atoms with E-state index in [9.17, 15) is 5.11 Å². The van der Waals surface area contributed by atoms with E-state index in [0.717, 1.165) is 38.3 Å². The highest BCUT2D eigenvalue weighted by Crippen LogP contribution is 2.30. The number of hydrogen-bond acceptors (Lipinski definition) is 3. The zero-order chi connectivity index (χ0) is 14.8. The van der Waals surface area contributed by atoms with E-state index in [1.165, 1.54) is 5.56 Å². The van der Waals surface area contributed by atoms with Gasteiger partial charge in [-0.05, 0) is 43.5 Å². The lowest BCUT2D eigenvalue weighted by Gasteiger charge is -2.33. The van der Waals surface area contributed by atoms with Crippen LogP contribution in [0.1, 0.15) is 30.3 Å². The molecule has 114 valence electrons. The van der Waals surface area contributed by atoms with E-state index in [0.29, 0.717) is 5.92 Å². The summed E-state index contributed by atoms with van der Waals surface area (Å²) in [6, 6.07) is 2.18. The molecular formula is C16H24N4O. The summed E-state index contributed by atoms with van der Waals surface area (Å²) in [7, 11) is 4.00. The van der Waals surface area contributed by atoms with E-state index < -0.39 is 6.10 Å². The first kappa shape index (κ1) is 14.4. The van der Waals surface area contributed by atoms with Crippen molar-refractivity contribution < 1.29 is 5.11 Å². The second-order valence-corrected chi connectivity index (χ2v) is 6.14. The van der Waals surface area contributed by atoms with Gasteiger partial charge in [0.1, 0.15) is 11.9 Å². The summed E-state index contributed by atoms with van der Waals surface area (Å²) in [5.41, 5.74) is 1.36. The van der Waals surface area contributed by atoms with Crippen LogP contribution in [0.25, 0.3) is 0 Å². The van der Waals surface area contributed by atoms with Gasteiger partial charge in [-0.1, -0.05) is 0 Å². The smallest absolute Gasteiger partial charge is 0.137 e. The molecule has 0 bridgehead atoms. The number of hydrogen-bond donors (Lipinski definition) is 1. The number of aryl methyl sites for hydroxylation is 2. The molecule has 0 spiro atoms. The fourth-order valence-corrected chi connectivity index (χ4v) is 3.21. The van der Waals surface area contributed by atoms with Crippen LogP contribution in [-0.4, -0.2) is 37.2 Å². The van der Waals surface area contributed by atoms with E-state index in [4.69, 9.17) is 0 Å². The third-order valence-corrected chi connectivity index (χ3v) is 4.50. The molecule has 1 aliphatic rings. The average Bonchev–Trinajstić information content (AvgIpc) is 3.08. The number of imidazole rings is 1. The van der Waals surface area contributed by atoms with Crippen molar-refractivity contribution in [2.75, 3.05) is 13.1 Å². The van der Waals surface area contributed by atoms with Gasteiger partial charge >= 0.3 is 0 Å². The lowest BCUT2D eigenvalue weighted by atomic mass is 9.90. The van der Waals surface area contributed by atoms with Gasteiger partial charge in [-0.2, -0.15) is 0 Å². The number of aromatic nitrogens is 3. The predicted molar refractivity (Wildman–Crippen MR) is 81.6 cm³/mol.